The molecule has 2 heteroatoms. The largest absolute Gasteiger partial charge is 0.392 e. The van der Waals surface area contributed by atoms with E-state index in [1.807, 2.05) is 19.4 Å². The van der Waals surface area contributed by atoms with Gasteiger partial charge in [0.2, 0.25) is 0 Å². The molecule has 0 fully saturated rings. The Hall–Kier alpha value is -1.31. The van der Waals surface area contributed by atoms with Crippen molar-refractivity contribution in [2.24, 2.45) is 0 Å². The summed E-state index contributed by atoms with van der Waals surface area (Å²) >= 11 is 0. The van der Waals surface area contributed by atoms with Crippen LogP contribution in [0.3, 0.4) is 0 Å². The summed E-state index contributed by atoms with van der Waals surface area (Å²) in [4.78, 5) is 4.03. The number of pyridine rings is 1. The second-order valence-corrected chi connectivity index (χ2v) is 3.39. The second-order valence-electron chi connectivity index (χ2n) is 3.39. The summed E-state index contributed by atoms with van der Waals surface area (Å²) in [5, 5.41) is 3.14. The highest BCUT2D eigenvalue weighted by atomic mass is 14.8. The van der Waals surface area contributed by atoms with Crippen LogP contribution in [0.5, 0.6) is 0 Å². The van der Waals surface area contributed by atoms with Crippen LogP contribution in [-0.2, 0) is 0 Å². The summed E-state index contributed by atoms with van der Waals surface area (Å²) in [6, 6.07) is 4.15. The first kappa shape index (κ1) is 10.8. The predicted octanol–water partition coefficient (Wildman–Crippen LogP) is 2.70. The lowest BCUT2D eigenvalue weighted by atomic mass is 9.96. The number of nitrogens with zero attached hydrogens (tertiary/aromatic N) is 1. The third kappa shape index (κ3) is 2.87. The van der Waals surface area contributed by atoms with Gasteiger partial charge in [0.25, 0.3) is 0 Å². The Kier molecular flexibility index (Phi) is 4.17. The molecule has 2 nitrogen and oxygen atoms in total. The van der Waals surface area contributed by atoms with Gasteiger partial charge in [-0.15, -0.1) is 0 Å². The zero-order valence-corrected chi connectivity index (χ0v) is 9.12. The van der Waals surface area contributed by atoms with Crippen molar-refractivity contribution in [1.29, 1.82) is 0 Å². The van der Waals surface area contributed by atoms with Crippen molar-refractivity contribution in [1.82, 2.24) is 10.3 Å². The minimum atomic E-state index is 0.491. The molecule has 76 valence electrons. The van der Waals surface area contributed by atoms with Gasteiger partial charge in [0.05, 0.1) is 0 Å². The molecule has 0 radical (unpaired) electrons. The lowest BCUT2D eigenvalue weighted by Crippen LogP contribution is -2.04. The van der Waals surface area contributed by atoms with Gasteiger partial charge in [-0.2, -0.15) is 0 Å². The van der Waals surface area contributed by atoms with Gasteiger partial charge in [-0.25, -0.2) is 0 Å². The molecule has 14 heavy (non-hydrogen) atoms. The first-order chi connectivity index (χ1) is 6.77. The molecule has 1 N–H and O–H groups in total. The molecule has 1 rings (SSSR count). The average molecular weight is 190 g/mol. The standard InChI is InChI=1S/C12H18N2/c1-4-11(9-10(2)13-3)12-5-7-14-8-6-12/h5-9,11,13H,4H2,1-3H3/b10-9-. The zero-order chi connectivity index (χ0) is 10.4. The van der Waals surface area contributed by atoms with Crippen LogP contribution in [-0.4, -0.2) is 12.0 Å². The summed E-state index contributed by atoms with van der Waals surface area (Å²) < 4.78 is 0. The average Bonchev–Trinajstić information content (AvgIpc) is 2.26. The topological polar surface area (TPSA) is 24.9 Å². The van der Waals surface area contributed by atoms with E-state index >= 15 is 0 Å². The monoisotopic (exact) mass is 190 g/mol. The van der Waals surface area contributed by atoms with Gasteiger partial charge in [0.1, 0.15) is 0 Å². The van der Waals surface area contributed by atoms with Crippen LogP contribution >= 0.6 is 0 Å². The highest BCUT2D eigenvalue weighted by Gasteiger charge is 2.05. The van der Waals surface area contributed by atoms with Crippen molar-refractivity contribution < 1.29 is 0 Å². The van der Waals surface area contributed by atoms with E-state index in [1.165, 1.54) is 11.3 Å². The summed E-state index contributed by atoms with van der Waals surface area (Å²) in [6.45, 7) is 4.29. The lowest BCUT2D eigenvalue weighted by molar-refractivity contribution is 0.784. The molecule has 1 unspecified atom stereocenters. The summed E-state index contributed by atoms with van der Waals surface area (Å²) in [7, 11) is 1.95. The molecule has 0 amide bonds. The molecular weight excluding hydrogens is 172 g/mol. The second kappa shape index (κ2) is 5.43. The minimum absolute atomic E-state index is 0.491. The maximum atomic E-state index is 4.03. The number of hydrogen-bond donors (Lipinski definition) is 1. The maximum absolute atomic E-state index is 4.03. The quantitative estimate of drug-likeness (QED) is 0.789. The van der Waals surface area contributed by atoms with E-state index in [-0.39, 0.29) is 0 Å². The Balaban J connectivity index is 2.83. The molecule has 0 aromatic carbocycles. The molecule has 1 heterocycles. The molecule has 0 saturated heterocycles. The molecular formula is C12H18N2. The van der Waals surface area contributed by atoms with E-state index in [9.17, 15) is 0 Å². The van der Waals surface area contributed by atoms with Crippen molar-refractivity contribution in [3.63, 3.8) is 0 Å². The highest BCUT2D eigenvalue weighted by Crippen LogP contribution is 2.20. The van der Waals surface area contributed by atoms with Crippen LogP contribution in [0.1, 0.15) is 31.7 Å². The van der Waals surface area contributed by atoms with Gasteiger partial charge in [-0.05, 0) is 31.0 Å². The van der Waals surface area contributed by atoms with Gasteiger partial charge in [-0.1, -0.05) is 13.0 Å². The van der Waals surface area contributed by atoms with Crippen molar-refractivity contribution in [3.05, 3.63) is 41.9 Å². The normalized spacial score (nSPS) is 13.8. The molecule has 0 aliphatic carbocycles. The minimum Gasteiger partial charge on any atom is -0.392 e. The van der Waals surface area contributed by atoms with E-state index in [0.717, 1.165) is 6.42 Å². The summed E-state index contributed by atoms with van der Waals surface area (Å²) in [6.07, 6.45) is 7.07. The van der Waals surface area contributed by atoms with Crippen LogP contribution < -0.4 is 5.32 Å². The molecule has 0 bridgehead atoms. The molecule has 0 aliphatic heterocycles. The zero-order valence-electron chi connectivity index (χ0n) is 9.12. The number of allylic oxidation sites excluding steroid dienone is 2. The van der Waals surface area contributed by atoms with Gasteiger partial charge in [-0.3, -0.25) is 4.98 Å². The van der Waals surface area contributed by atoms with E-state index < -0.39 is 0 Å². The molecule has 0 saturated carbocycles. The fraction of sp³-hybridized carbons (Fsp3) is 0.417. The van der Waals surface area contributed by atoms with Crippen LogP contribution in [0.4, 0.5) is 0 Å². The third-order valence-corrected chi connectivity index (χ3v) is 2.42. The summed E-state index contributed by atoms with van der Waals surface area (Å²) in [5.74, 6) is 0.491. The maximum Gasteiger partial charge on any atom is 0.0270 e. The smallest absolute Gasteiger partial charge is 0.0270 e. The fourth-order valence-electron chi connectivity index (χ4n) is 1.45. The van der Waals surface area contributed by atoms with Crippen molar-refractivity contribution in [2.75, 3.05) is 7.05 Å². The van der Waals surface area contributed by atoms with Gasteiger partial charge >= 0.3 is 0 Å². The van der Waals surface area contributed by atoms with E-state index in [0.29, 0.717) is 5.92 Å². The van der Waals surface area contributed by atoms with Gasteiger partial charge in [0.15, 0.2) is 0 Å². The SMILES string of the molecule is CCC(/C=C(/C)NC)c1ccncc1. The Labute approximate surface area is 86.1 Å². The molecule has 1 aromatic heterocycles. The number of rotatable bonds is 4. The Morgan fingerprint density at radius 1 is 1.50 bits per heavy atom. The fourth-order valence-corrected chi connectivity index (χ4v) is 1.45. The Bertz CT molecular complexity index is 290. The highest BCUT2D eigenvalue weighted by molar-refractivity contribution is 5.22. The molecule has 0 spiro atoms. The first-order valence-corrected chi connectivity index (χ1v) is 5.04. The third-order valence-electron chi connectivity index (χ3n) is 2.42. The lowest BCUT2D eigenvalue weighted by Gasteiger charge is -2.11. The van der Waals surface area contributed by atoms with Crippen LogP contribution in [0.2, 0.25) is 0 Å². The van der Waals surface area contributed by atoms with Crippen LogP contribution in [0, 0.1) is 0 Å². The molecule has 0 aliphatic rings. The summed E-state index contributed by atoms with van der Waals surface area (Å²) in [5.41, 5.74) is 2.55. The van der Waals surface area contributed by atoms with Crippen molar-refractivity contribution >= 4 is 0 Å². The van der Waals surface area contributed by atoms with E-state index in [4.69, 9.17) is 0 Å². The Morgan fingerprint density at radius 2 is 2.14 bits per heavy atom. The van der Waals surface area contributed by atoms with Crippen LogP contribution in [0.25, 0.3) is 0 Å². The molecule has 1 atom stereocenters. The van der Waals surface area contributed by atoms with Gasteiger partial charge in [0, 0.05) is 31.1 Å². The number of aromatic nitrogens is 1. The first-order valence-electron chi connectivity index (χ1n) is 5.04. The van der Waals surface area contributed by atoms with Crippen LogP contribution in [0.15, 0.2) is 36.3 Å². The number of hydrogen-bond acceptors (Lipinski definition) is 2. The molecule has 1 aromatic rings. The van der Waals surface area contributed by atoms with E-state index in [1.54, 1.807) is 0 Å². The van der Waals surface area contributed by atoms with Crippen molar-refractivity contribution in [3.8, 4) is 0 Å². The Morgan fingerprint density at radius 3 is 2.64 bits per heavy atom. The van der Waals surface area contributed by atoms with Gasteiger partial charge < -0.3 is 5.32 Å². The van der Waals surface area contributed by atoms with Crippen molar-refractivity contribution in [2.45, 2.75) is 26.2 Å². The predicted molar refractivity (Wildman–Crippen MR) is 60.1 cm³/mol. The van der Waals surface area contributed by atoms with E-state index in [2.05, 4.69) is 42.4 Å². The number of nitrogens with one attached hydrogen (secondary N) is 1.